The highest BCUT2D eigenvalue weighted by molar-refractivity contribution is 6.02. The van der Waals surface area contributed by atoms with Gasteiger partial charge in [-0.3, -0.25) is 14.3 Å². The van der Waals surface area contributed by atoms with Gasteiger partial charge in [-0.05, 0) is 36.6 Å². The van der Waals surface area contributed by atoms with Crippen molar-refractivity contribution in [2.45, 2.75) is 32.9 Å². The zero-order valence-electron chi connectivity index (χ0n) is 17.3. The molecule has 2 amide bonds. The number of anilines is 1. The van der Waals surface area contributed by atoms with Gasteiger partial charge in [-0.1, -0.05) is 26.0 Å². The number of aryl methyl sites for hydroxylation is 2. The number of aliphatic hydroxyl groups excluding tert-OH is 1. The quantitative estimate of drug-likeness (QED) is 0.772. The van der Waals surface area contributed by atoms with Crippen molar-refractivity contribution in [2.24, 2.45) is 13.0 Å². The van der Waals surface area contributed by atoms with E-state index in [1.165, 1.54) is 0 Å². The summed E-state index contributed by atoms with van der Waals surface area (Å²) in [5.74, 6) is -0.0968. The number of ether oxygens (including phenoxy) is 1. The molecule has 8 heteroatoms. The van der Waals surface area contributed by atoms with Crippen LogP contribution in [0.25, 0.3) is 0 Å². The molecule has 2 atom stereocenters. The van der Waals surface area contributed by atoms with Gasteiger partial charge >= 0.3 is 0 Å². The van der Waals surface area contributed by atoms with Gasteiger partial charge in [0.2, 0.25) is 5.91 Å². The molecule has 3 rings (SSSR count). The van der Waals surface area contributed by atoms with E-state index in [2.05, 4.69) is 10.4 Å². The van der Waals surface area contributed by atoms with Crippen molar-refractivity contribution >= 4 is 17.5 Å². The van der Waals surface area contributed by atoms with Crippen LogP contribution in [0.1, 0.15) is 41.7 Å². The number of rotatable bonds is 6. The molecule has 8 nitrogen and oxygen atoms in total. The second kappa shape index (κ2) is 8.75. The van der Waals surface area contributed by atoms with E-state index >= 15 is 0 Å². The molecule has 1 aliphatic heterocycles. The van der Waals surface area contributed by atoms with Gasteiger partial charge in [0.15, 0.2) is 5.69 Å². The van der Waals surface area contributed by atoms with Crippen molar-refractivity contribution in [1.82, 2.24) is 14.7 Å². The van der Waals surface area contributed by atoms with Crippen LogP contribution in [0.3, 0.4) is 0 Å². The number of benzene rings is 1. The highest BCUT2D eigenvalue weighted by Gasteiger charge is 2.37. The third kappa shape index (κ3) is 4.65. The first-order chi connectivity index (χ1) is 13.8. The average Bonchev–Trinajstić information content (AvgIpc) is 3.02. The summed E-state index contributed by atoms with van der Waals surface area (Å²) in [5, 5.41) is 16.9. The lowest BCUT2D eigenvalue weighted by Gasteiger charge is -2.41. The third-order valence-electron chi connectivity index (χ3n) is 5.05. The molecule has 1 aliphatic rings. The minimum Gasteiger partial charge on any atom is -0.394 e. The lowest BCUT2D eigenvalue weighted by atomic mass is 9.98. The Labute approximate surface area is 170 Å². The molecule has 1 saturated heterocycles. The molecular formula is C21H28N4O4. The van der Waals surface area contributed by atoms with Gasteiger partial charge < -0.3 is 20.1 Å². The Bertz CT molecular complexity index is 856. The molecule has 0 saturated carbocycles. The Balaban J connectivity index is 1.73. The summed E-state index contributed by atoms with van der Waals surface area (Å²) in [7, 11) is 1.79. The highest BCUT2D eigenvalue weighted by atomic mass is 16.5. The minimum absolute atomic E-state index is 0.00853. The van der Waals surface area contributed by atoms with Crippen molar-refractivity contribution in [3.63, 3.8) is 0 Å². The monoisotopic (exact) mass is 400 g/mol. The van der Waals surface area contributed by atoms with E-state index in [1.807, 2.05) is 32.9 Å². The second-order valence-electron chi connectivity index (χ2n) is 7.79. The van der Waals surface area contributed by atoms with Crippen LogP contribution >= 0.6 is 0 Å². The van der Waals surface area contributed by atoms with Crippen LogP contribution in [0.15, 0.2) is 30.3 Å². The topological polar surface area (TPSA) is 96.7 Å². The lowest BCUT2D eigenvalue weighted by molar-refractivity contribution is -0.161. The van der Waals surface area contributed by atoms with Gasteiger partial charge in [0, 0.05) is 25.0 Å². The molecule has 2 heterocycles. The number of amides is 2. The molecular weight excluding hydrogens is 372 g/mol. The number of hydrogen-bond donors (Lipinski definition) is 2. The largest absolute Gasteiger partial charge is 0.394 e. The maximum Gasteiger partial charge on any atom is 0.276 e. The predicted molar refractivity (Wildman–Crippen MR) is 108 cm³/mol. The van der Waals surface area contributed by atoms with E-state index in [0.29, 0.717) is 23.8 Å². The first-order valence-corrected chi connectivity index (χ1v) is 9.74. The number of carbonyl (C=O) groups excluding carboxylic acids is 2. The molecule has 0 bridgehead atoms. The predicted octanol–water partition coefficient (Wildman–Crippen LogP) is 1.90. The van der Waals surface area contributed by atoms with E-state index in [-0.39, 0.29) is 25.0 Å². The molecule has 2 aromatic rings. The Kier molecular flexibility index (Phi) is 6.34. The molecule has 2 N–H and O–H groups in total. The van der Waals surface area contributed by atoms with Crippen molar-refractivity contribution in [3.8, 4) is 0 Å². The Morgan fingerprint density at radius 3 is 2.59 bits per heavy atom. The van der Waals surface area contributed by atoms with E-state index in [1.54, 1.807) is 34.8 Å². The maximum absolute atomic E-state index is 12.4. The molecule has 1 aromatic heterocycles. The number of carbonyl (C=O) groups is 2. The number of nitrogens with zero attached hydrogens (tertiary/aromatic N) is 3. The van der Waals surface area contributed by atoms with Crippen molar-refractivity contribution < 1.29 is 19.4 Å². The third-order valence-corrected chi connectivity index (χ3v) is 5.05. The molecule has 0 radical (unpaired) electrons. The molecule has 29 heavy (non-hydrogen) atoms. The van der Waals surface area contributed by atoms with Crippen molar-refractivity contribution in [3.05, 3.63) is 47.3 Å². The van der Waals surface area contributed by atoms with Crippen molar-refractivity contribution in [2.75, 3.05) is 25.1 Å². The SMILES string of the molecule is Cc1cc(C(=O)Nc2ccc([C@H]3OCC(=O)N(CC(C)C)[C@@H]3CO)cc2)nn1C. The van der Waals surface area contributed by atoms with Gasteiger partial charge in [-0.2, -0.15) is 5.10 Å². The maximum atomic E-state index is 12.4. The van der Waals surface area contributed by atoms with E-state index in [9.17, 15) is 14.7 Å². The minimum atomic E-state index is -0.435. The van der Waals surface area contributed by atoms with Crippen LogP contribution in [0.4, 0.5) is 5.69 Å². The van der Waals surface area contributed by atoms with Crippen LogP contribution in [0.5, 0.6) is 0 Å². The van der Waals surface area contributed by atoms with Gasteiger partial charge in [0.05, 0.1) is 12.6 Å². The average molecular weight is 400 g/mol. The summed E-state index contributed by atoms with van der Waals surface area (Å²) in [5.41, 5.74) is 2.73. The second-order valence-corrected chi connectivity index (χ2v) is 7.79. The van der Waals surface area contributed by atoms with Gasteiger partial charge in [0.25, 0.3) is 5.91 Å². The van der Waals surface area contributed by atoms with Crippen LogP contribution < -0.4 is 5.32 Å². The summed E-state index contributed by atoms with van der Waals surface area (Å²) in [6.45, 7) is 6.33. The summed E-state index contributed by atoms with van der Waals surface area (Å²) in [6.07, 6.45) is -0.417. The standard InChI is InChI=1S/C21H28N4O4/c1-13(2)10-25-18(11-26)20(29-12-19(25)27)15-5-7-16(8-6-15)22-21(28)17-9-14(3)24(4)23-17/h5-9,13,18,20,26H,10-12H2,1-4H3,(H,22,28)/t18-,20-/m1/s1. The fourth-order valence-electron chi connectivity index (χ4n) is 3.47. The normalized spacial score (nSPS) is 19.7. The summed E-state index contributed by atoms with van der Waals surface area (Å²) in [6, 6.07) is 8.54. The van der Waals surface area contributed by atoms with Crippen molar-refractivity contribution in [1.29, 1.82) is 0 Å². The number of aromatic nitrogens is 2. The molecule has 156 valence electrons. The zero-order valence-corrected chi connectivity index (χ0v) is 17.3. The molecule has 0 spiro atoms. The molecule has 0 aliphatic carbocycles. The number of nitrogens with one attached hydrogen (secondary N) is 1. The molecule has 1 aromatic carbocycles. The first-order valence-electron chi connectivity index (χ1n) is 9.74. The summed E-state index contributed by atoms with van der Waals surface area (Å²) >= 11 is 0. The highest BCUT2D eigenvalue weighted by Crippen LogP contribution is 2.30. The zero-order chi connectivity index (χ0) is 21.1. The lowest BCUT2D eigenvalue weighted by Crippen LogP contribution is -2.53. The summed E-state index contributed by atoms with van der Waals surface area (Å²) < 4.78 is 7.40. The molecule has 1 fully saturated rings. The number of hydrogen-bond acceptors (Lipinski definition) is 5. The van der Waals surface area contributed by atoms with Crippen LogP contribution in [0, 0.1) is 12.8 Å². The van der Waals surface area contributed by atoms with Crippen LogP contribution in [-0.4, -0.2) is 57.4 Å². The van der Waals surface area contributed by atoms with E-state index < -0.39 is 12.1 Å². The smallest absolute Gasteiger partial charge is 0.276 e. The Morgan fingerprint density at radius 1 is 1.34 bits per heavy atom. The Hall–Kier alpha value is -2.71. The summed E-state index contributed by atoms with van der Waals surface area (Å²) in [4.78, 5) is 26.3. The first kappa shape index (κ1) is 21.0. The van der Waals surface area contributed by atoms with Crippen LogP contribution in [0.2, 0.25) is 0 Å². The number of morpholine rings is 1. The van der Waals surface area contributed by atoms with Gasteiger partial charge in [-0.25, -0.2) is 0 Å². The van der Waals surface area contributed by atoms with Crippen LogP contribution in [-0.2, 0) is 16.6 Å². The fraction of sp³-hybridized carbons (Fsp3) is 0.476. The number of aliphatic hydroxyl groups is 1. The molecule has 0 unspecified atom stereocenters. The van der Waals surface area contributed by atoms with E-state index in [4.69, 9.17) is 4.74 Å². The Morgan fingerprint density at radius 2 is 2.03 bits per heavy atom. The van der Waals surface area contributed by atoms with Gasteiger partial charge in [0.1, 0.15) is 12.7 Å². The van der Waals surface area contributed by atoms with Gasteiger partial charge in [-0.15, -0.1) is 0 Å². The fourth-order valence-corrected chi connectivity index (χ4v) is 3.47. The van der Waals surface area contributed by atoms with E-state index in [0.717, 1.165) is 11.3 Å².